The molecule has 1 atom stereocenters. The lowest BCUT2D eigenvalue weighted by Gasteiger charge is -2.08. The van der Waals surface area contributed by atoms with Crippen LogP contribution < -0.4 is 4.74 Å². The lowest BCUT2D eigenvalue weighted by Crippen LogP contribution is -2.06. The van der Waals surface area contributed by atoms with Crippen molar-refractivity contribution in [2.75, 3.05) is 19.6 Å². The standard InChI is InChI=1S/C12H17ClO2/c1-10(7-13)8-15-9-11-3-5-12(14-2)6-4-11/h3-6,10H,7-9H2,1-2H3. The number of benzene rings is 1. The van der Waals surface area contributed by atoms with E-state index in [-0.39, 0.29) is 0 Å². The Kier molecular flexibility index (Phi) is 5.51. The summed E-state index contributed by atoms with van der Waals surface area (Å²) in [7, 11) is 1.66. The Labute approximate surface area is 96.2 Å². The predicted molar refractivity (Wildman–Crippen MR) is 62.5 cm³/mol. The molecule has 0 N–H and O–H groups in total. The van der Waals surface area contributed by atoms with E-state index in [0.29, 0.717) is 25.0 Å². The Hall–Kier alpha value is -0.730. The van der Waals surface area contributed by atoms with Crippen LogP contribution in [0.4, 0.5) is 0 Å². The molecule has 84 valence electrons. The minimum atomic E-state index is 0.407. The van der Waals surface area contributed by atoms with Crippen molar-refractivity contribution in [3.63, 3.8) is 0 Å². The number of rotatable bonds is 6. The minimum Gasteiger partial charge on any atom is -0.497 e. The largest absolute Gasteiger partial charge is 0.497 e. The molecular weight excluding hydrogens is 212 g/mol. The van der Waals surface area contributed by atoms with Crippen molar-refractivity contribution in [2.45, 2.75) is 13.5 Å². The van der Waals surface area contributed by atoms with E-state index in [4.69, 9.17) is 21.1 Å². The SMILES string of the molecule is COc1ccc(COCC(C)CCl)cc1. The van der Waals surface area contributed by atoms with E-state index >= 15 is 0 Å². The average Bonchev–Trinajstić information content (AvgIpc) is 2.29. The maximum absolute atomic E-state index is 5.68. The summed E-state index contributed by atoms with van der Waals surface area (Å²) in [6.45, 7) is 3.40. The Balaban J connectivity index is 2.31. The fourth-order valence-corrected chi connectivity index (χ4v) is 1.23. The molecule has 0 amide bonds. The third kappa shape index (κ3) is 4.54. The van der Waals surface area contributed by atoms with Crippen LogP contribution in [0.1, 0.15) is 12.5 Å². The quantitative estimate of drug-likeness (QED) is 0.697. The lowest BCUT2D eigenvalue weighted by atomic mass is 10.2. The number of hydrogen-bond donors (Lipinski definition) is 0. The van der Waals surface area contributed by atoms with Crippen LogP contribution in [-0.2, 0) is 11.3 Å². The Bertz CT molecular complexity index is 271. The van der Waals surface area contributed by atoms with Gasteiger partial charge in [0.15, 0.2) is 0 Å². The van der Waals surface area contributed by atoms with E-state index < -0.39 is 0 Å². The summed E-state index contributed by atoms with van der Waals surface area (Å²) in [5.74, 6) is 1.92. The fraction of sp³-hybridized carbons (Fsp3) is 0.500. The van der Waals surface area contributed by atoms with Crippen molar-refractivity contribution in [1.29, 1.82) is 0 Å². The Morgan fingerprint density at radius 3 is 2.47 bits per heavy atom. The van der Waals surface area contributed by atoms with Gasteiger partial charge in [0.25, 0.3) is 0 Å². The lowest BCUT2D eigenvalue weighted by molar-refractivity contribution is 0.0979. The molecule has 0 heterocycles. The second-order valence-electron chi connectivity index (χ2n) is 3.62. The maximum Gasteiger partial charge on any atom is 0.118 e. The van der Waals surface area contributed by atoms with Gasteiger partial charge in [0.1, 0.15) is 5.75 Å². The highest BCUT2D eigenvalue weighted by Crippen LogP contribution is 2.12. The average molecular weight is 229 g/mol. The number of halogens is 1. The number of ether oxygens (including phenoxy) is 2. The predicted octanol–water partition coefficient (Wildman–Crippen LogP) is 3.09. The second kappa shape index (κ2) is 6.70. The van der Waals surface area contributed by atoms with Crippen LogP contribution in [0.15, 0.2) is 24.3 Å². The maximum atomic E-state index is 5.68. The summed E-state index contributed by atoms with van der Waals surface area (Å²) in [6.07, 6.45) is 0. The van der Waals surface area contributed by atoms with Crippen LogP contribution in [0, 0.1) is 5.92 Å². The van der Waals surface area contributed by atoms with E-state index in [2.05, 4.69) is 6.92 Å². The zero-order valence-corrected chi connectivity index (χ0v) is 9.96. The van der Waals surface area contributed by atoms with Crippen LogP contribution in [0.3, 0.4) is 0 Å². The van der Waals surface area contributed by atoms with Gasteiger partial charge < -0.3 is 9.47 Å². The van der Waals surface area contributed by atoms with Crippen molar-refractivity contribution in [3.05, 3.63) is 29.8 Å². The molecule has 0 aliphatic carbocycles. The molecule has 0 saturated heterocycles. The van der Waals surface area contributed by atoms with Crippen molar-refractivity contribution in [1.82, 2.24) is 0 Å². The van der Waals surface area contributed by atoms with Crippen LogP contribution >= 0.6 is 11.6 Å². The van der Waals surface area contributed by atoms with Gasteiger partial charge in [-0.15, -0.1) is 11.6 Å². The molecule has 1 aromatic carbocycles. The van der Waals surface area contributed by atoms with Gasteiger partial charge in [0.2, 0.25) is 0 Å². The van der Waals surface area contributed by atoms with Gasteiger partial charge >= 0.3 is 0 Å². The normalized spacial score (nSPS) is 12.5. The van der Waals surface area contributed by atoms with Crippen molar-refractivity contribution >= 4 is 11.6 Å². The number of methoxy groups -OCH3 is 1. The molecule has 0 fully saturated rings. The summed E-state index contributed by atoms with van der Waals surface area (Å²) >= 11 is 5.68. The molecule has 0 saturated carbocycles. The smallest absolute Gasteiger partial charge is 0.118 e. The molecule has 1 rings (SSSR count). The molecule has 1 unspecified atom stereocenters. The number of alkyl halides is 1. The first-order chi connectivity index (χ1) is 7.26. The van der Waals surface area contributed by atoms with Gasteiger partial charge in [-0.3, -0.25) is 0 Å². The first kappa shape index (κ1) is 12.3. The molecule has 0 aromatic heterocycles. The molecule has 2 nitrogen and oxygen atoms in total. The zero-order chi connectivity index (χ0) is 11.1. The summed E-state index contributed by atoms with van der Waals surface area (Å²) in [5.41, 5.74) is 1.15. The van der Waals surface area contributed by atoms with Crippen LogP contribution in [0.2, 0.25) is 0 Å². The van der Waals surface area contributed by atoms with E-state index in [1.807, 2.05) is 24.3 Å². The molecule has 1 aromatic rings. The highest BCUT2D eigenvalue weighted by molar-refractivity contribution is 6.18. The zero-order valence-electron chi connectivity index (χ0n) is 9.20. The summed E-state index contributed by atoms with van der Waals surface area (Å²) in [4.78, 5) is 0. The third-order valence-electron chi connectivity index (χ3n) is 2.09. The van der Waals surface area contributed by atoms with Crippen LogP contribution in [-0.4, -0.2) is 19.6 Å². The summed E-state index contributed by atoms with van der Waals surface area (Å²) in [6, 6.07) is 7.88. The van der Waals surface area contributed by atoms with Crippen LogP contribution in [0.25, 0.3) is 0 Å². The van der Waals surface area contributed by atoms with Gasteiger partial charge in [0, 0.05) is 5.88 Å². The summed E-state index contributed by atoms with van der Waals surface area (Å²) in [5, 5.41) is 0. The monoisotopic (exact) mass is 228 g/mol. The molecular formula is C12H17ClO2. The van der Waals surface area contributed by atoms with Gasteiger partial charge in [-0.2, -0.15) is 0 Å². The van der Waals surface area contributed by atoms with Crippen molar-refractivity contribution in [3.8, 4) is 5.75 Å². The fourth-order valence-electron chi connectivity index (χ4n) is 1.14. The first-order valence-corrected chi connectivity index (χ1v) is 5.56. The highest BCUT2D eigenvalue weighted by atomic mass is 35.5. The first-order valence-electron chi connectivity index (χ1n) is 5.03. The van der Waals surface area contributed by atoms with E-state index in [1.54, 1.807) is 7.11 Å². The molecule has 0 radical (unpaired) electrons. The molecule has 15 heavy (non-hydrogen) atoms. The molecule has 0 aliphatic rings. The van der Waals surface area contributed by atoms with E-state index in [0.717, 1.165) is 11.3 Å². The van der Waals surface area contributed by atoms with Crippen molar-refractivity contribution in [2.24, 2.45) is 5.92 Å². The van der Waals surface area contributed by atoms with E-state index in [1.165, 1.54) is 0 Å². The third-order valence-corrected chi connectivity index (χ3v) is 2.62. The highest BCUT2D eigenvalue weighted by Gasteiger charge is 2.00. The van der Waals surface area contributed by atoms with Crippen molar-refractivity contribution < 1.29 is 9.47 Å². The Morgan fingerprint density at radius 1 is 1.27 bits per heavy atom. The van der Waals surface area contributed by atoms with Crippen LogP contribution in [0.5, 0.6) is 5.75 Å². The van der Waals surface area contributed by atoms with Gasteiger partial charge in [-0.05, 0) is 23.6 Å². The second-order valence-corrected chi connectivity index (χ2v) is 3.93. The molecule has 0 aliphatic heterocycles. The molecule has 3 heteroatoms. The topological polar surface area (TPSA) is 18.5 Å². The molecule has 0 spiro atoms. The van der Waals surface area contributed by atoms with Gasteiger partial charge in [-0.25, -0.2) is 0 Å². The minimum absolute atomic E-state index is 0.407. The molecule has 0 bridgehead atoms. The van der Waals surface area contributed by atoms with E-state index in [9.17, 15) is 0 Å². The van der Waals surface area contributed by atoms with Gasteiger partial charge in [0.05, 0.1) is 20.3 Å². The number of hydrogen-bond acceptors (Lipinski definition) is 2. The summed E-state index contributed by atoms with van der Waals surface area (Å²) < 4.78 is 10.6. The Morgan fingerprint density at radius 2 is 1.93 bits per heavy atom. The van der Waals surface area contributed by atoms with Gasteiger partial charge in [-0.1, -0.05) is 19.1 Å².